The Morgan fingerprint density at radius 2 is 1.88 bits per heavy atom. The van der Waals surface area contributed by atoms with Gasteiger partial charge in [-0.3, -0.25) is 9.59 Å². The van der Waals surface area contributed by atoms with E-state index in [0.717, 1.165) is 12.8 Å². The monoisotopic (exact) mass is 448 g/mol. The molecule has 1 aliphatic rings. The largest absolute Gasteiger partial charge is 0.342 e. The molecule has 0 saturated carbocycles. The Bertz CT molecular complexity index is 1100. The van der Waals surface area contributed by atoms with Crippen molar-refractivity contribution < 1.29 is 9.59 Å². The number of likely N-dealkylation sites (tertiary alicyclic amines) is 1. The summed E-state index contributed by atoms with van der Waals surface area (Å²) < 4.78 is 0. The van der Waals surface area contributed by atoms with Crippen LogP contribution in [0.25, 0.3) is 0 Å². The number of benzene rings is 2. The van der Waals surface area contributed by atoms with Crippen molar-refractivity contribution in [2.75, 3.05) is 18.4 Å². The van der Waals surface area contributed by atoms with Gasteiger partial charge in [-0.05, 0) is 49.6 Å². The normalized spacial score (nSPS) is 15.6. The zero-order chi connectivity index (χ0) is 22.5. The summed E-state index contributed by atoms with van der Waals surface area (Å²) in [4.78, 5) is 36.2. The van der Waals surface area contributed by atoms with Crippen LogP contribution in [0.4, 0.5) is 5.69 Å². The lowest BCUT2D eigenvalue weighted by Crippen LogP contribution is -2.28. The number of aryl methyl sites for hydroxylation is 2. The van der Waals surface area contributed by atoms with Gasteiger partial charge in [-0.15, -0.1) is 0 Å². The van der Waals surface area contributed by atoms with Crippen LogP contribution < -0.4 is 5.32 Å². The molecule has 6 nitrogen and oxygen atoms in total. The van der Waals surface area contributed by atoms with Crippen LogP contribution in [-0.2, 0) is 11.2 Å². The number of nitrogens with one attached hydrogen (secondary N) is 1. The van der Waals surface area contributed by atoms with Crippen LogP contribution >= 0.6 is 11.6 Å². The Morgan fingerprint density at radius 1 is 1.12 bits per heavy atom. The molecule has 1 atom stereocenters. The number of amides is 2. The molecule has 1 unspecified atom stereocenters. The average Bonchev–Trinajstić information content (AvgIpc) is 3.30. The molecule has 4 rings (SSSR count). The van der Waals surface area contributed by atoms with Crippen molar-refractivity contribution in [3.8, 4) is 0 Å². The van der Waals surface area contributed by atoms with Crippen LogP contribution in [0.5, 0.6) is 0 Å². The van der Waals surface area contributed by atoms with Crippen molar-refractivity contribution in [3.63, 3.8) is 0 Å². The van der Waals surface area contributed by atoms with E-state index in [1.54, 1.807) is 37.4 Å². The Kier molecular flexibility index (Phi) is 6.81. The smallest absolute Gasteiger partial charge is 0.259 e. The Labute approximate surface area is 192 Å². The molecule has 1 saturated heterocycles. The molecule has 3 aromatic rings. The van der Waals surface area contributed by atoms with Gasteiger partial charge in [0.15, 0.2) is 0 Å². The fourth-order valence-electron chi connectivity index (χ4n) is 3.89. The van der Waals surface area contributed by atoms with Crippen LogP contribution in [0.3, 0.4) is 0 Å². The van der Waals surface area contributed by atoms with E-state index >= 15 is 0 Å². The fraction of sp³-hybridized carbons (Fsp3) is 0.280. The molecule has 164 valence electrons. The highest BCUT2D eigenvalue weighted by Crippen LogP contribution is 2.26. The molecule has 0 radical (unpaired) electrons. The quantitative estimate of drug-likeness (QED) is 0.596. The third-order valence-corrected chi connectivity index (χ3v) is 5.97. The maximum absolute atomic E-state index is 12.6. The molecule has 32 heavy (non-hydrogen) atoms. The lowest BCUT2D eigenvalue weighted by molar-refractivity contribution is -0.130. The van der Waals surface area contributed by atoms with E-state index in [-0.39, 0.29) is 17.7 Å². The minimum Gasteiger partial charge on any atom is -0.342 e. The maximum atomic E-state index is 12.6. The Morgan fingerprint density at radius 3 is 2.59 bits per heavy atom. The van der Waals surface area contributed by atoms with Gasteiger partial charge in [-0.1, -0.05) is 41.9 Å². The lowest BCUT2D eigenvalue weighted by atomic mass is 10.1. The van der Waals surface area contributed by atoms with E-state index in [1.807, 2.05) is 35.2 Å². The van der Waals surface area contributed by atoms with Gasteiger partial charge < -0.3 is 10.2 Å². The number of carbonyl (C=O) groups is 2. The number of hydrogen-bond acceptors (Lipinski definition) is 4. The molecule has 7 heteroatoms. The van der Waals surface area contributed by atoms with E-state index in [1.165, 1.54) is 5.56 Å². The summed E-state index contributed by atoms with van der Waals surface area (Å²) in [6, 6.07) is 17.0. The second-order valence-corrected chi connectivity index (χ2v) is 8.44. The summed E-state index contributed by atoms with van der Waals surface area (Å²) in [6.45, 7) is 3.13. The zero-order valence-electron chi connectivity index (χ0n) is 17.9. The van der Waals surface area contributed by atoms with Gasteiger partial charge in [0.05, 0.1) is 11.3 Å². The first kappa shape index (κ1) is 22.0. The topological polar surface area (TPSA) is 75.2 Å². The Balaban J connectivity index is 1.35. The van der Waals surface area contributed by atoms with Crippen molar-refractivity contribution in [2.45, 2.75) is 32.1 Å². The summed E-state index contributed by atoms with van der Waals surface area (Å²) in [5, 5.41) is 3.44. The summed E-state index contributed by atoms with van der Waals surface area (Å²) in [6.07, 6.45) is 3.64. The molecule has 0 spiro atoms. The van der Waals surface area contributed by atoms with Crippen molar-refractivity contribution >= 4 is 29.1 Å². The van der Waals surface area contributed by atoms with E-state index in [9.17, 15) is 9.59 Å². The molecule has 2 heterocycles. The molecular weight excluding hydrogens is 424 g/mol. The van der Waals surface area contributed by atoms with Crippen LogP contribution in [0.2, 0.25) is 5.02 Å². The predicted molar refractivity (Wildman–Crippen MR) is 125 cm³/mol. The van der Waals surface area contributed by atoms with Crippen LogP contribution in [0, 0.1) is 6.92 Å². The number of nitrogens with zero attached hydrogens (tertiary/aromatic N) is 3. The van der Waals surface area contributed by atoms with Gasteiger partial charge in [0.2, 0.25) is 5.91 Å². The first-order chi connectivity index (χ1) is 15.5. The van der Waals surface area contributed by atoms with Crippen molar-refractivity contribution in [1.29, 1.82) is 0 Å². The predicted octanol–water partition coefficient (Wildman–Crippen LogP) is 4.64. The fourth-order valence-corrected chi connectivity index (χ4v) is 4.01. The summed E-state index contributed by atoms with van der Waals surface area (Å²) in [7, 11) is 0. The second kappa shape index (κ2) is 9.92. The number of anilines is 1. The standard InChI is InChI=1S/C25H25ClN4O2/c1-17-22(25(32)29-21-10-8-20(26)9-11-21)15-27-24(28-17)19-13-14-30(16-19)23(31)12-7-18-5-3-2-4-6-18/h2-6,8-11,15,19H,7,12-14,16H2,1H3,(H,29,32). The number of rotatable bonds is 6. The third-order valence-electron chi connectivity index (χ3n) is 5.72. The molecule has 0 aliphatic carbocycles. The second-order valence-electron chi connectivity index (χ2n) is 8.00. The molecule has 1 aromatic heterocycles. The van der Waals surface area contributed by atoms with Crippen molar-refractivity contribution in [3.05, 3.63) is 88.5 Å². The van der Waals surface area contributed by atoms with Gasteiger partial charge in [-0.25, -0.2) is 9.97 Å². The van der Waals surface area contributed by atoms with Gasteiger partial charge in [0.25, 0.3) is 5.91 Å². The lowest BCUT2D eigenvalue weighted by Gasteiger charge is -2.16. The SMILES string of the molecule is Cc1nc(C2CCN(C(=O)CCc3ccccc3)C2)ncc1C(=O)Nc1ccc(Cl)cc1. The maximum Gasteiger partial charge on any atom is 0.259 e. The van der Waals surface area contributed by atoms with Gasteiger partial charge in [-0.2, -0.15) is 0 Å². The van der Waals surface area contributed by atoms with Crippen LogP contribution in [0.1, 0.15) is 46.2 Å². The number of hydrogen-bond donors (Lipinski definition) is 1. The third kappa shape index (κ3) is 5.32. The molecule has 0 bridgehead atoms. The highest BCUT2D eigenvalue weighted by molar-refractivity contribution is 6.30. The van der Waals surface area contributed by atoms with E-state index in [2.05, 4.69) is 15.3 Å². The molecule has 1 N–H and O–H groups in total. The zero-order valence-corrected chi connectivity index (χ0v) is 18.7. The molecule has 1 fully saturated rings. The van der Waals surface area contributed by atoms with E-state index in [0.29, 0.717) is 47.3 Å². The average molecular weight is 449 g/mol. The summed E-state index contributed by atoms with van der Waals surface area (Å²) in [5.41, 5.74) is 2.87. The van der Waals surface area contributed by atoms with Crippen LogP contribution in [-0.4, -0.2) is 39.8 Å². The first-order valence-corrected chi connectivity index (χ1v) is 11.1. The molecular formula is C25H25ClN4O2. The highest BCUT2D eigenvalue weighted by Gasteiger charge is 2.29. The summed E-state index contributed by atoms with van der Waals surface area (Å²) >= 11 is 5.89. The van der Waals surface area contributed by atoms with Crippen molar-refractivity contribution in [1.82, 2.24) is 14.9 Å². The summed E-state index contributed by atoms with van der Waals surface area (Å²) in [5.74, 6) is 0.666. The minimum atomic E-state index is -0.263. The first-order valence-electron chi connectivity index (χ1n) is 10.7. The minimum absolute atomic E-state index is 0.0859. The molecule has 1 aliphatic heterocycles. The highest BCUT2D eigenvalue weighted by atomic mass is 35.5. The number of carbonyl (C=O) groups excluding carboxylic acids is 2. The van der Waals surface area contributed by atoms with Gasteiger partial charge in [0, 0.05) is 42.3 Å². The van der Waals surface area contributed by atoms with E-state index in [4.69, 9.17) is 11.6 Å². The van der Waals surface area contributed by atoms with Crippen LogP contribution in [0.15, 0.2) is 60.8 Å². The van der Waals surface area contributed by atoms with Gasteiger partial charge >= 0.3 is 0 Å². The number of halogens is 1. The molecule has 2 aromatic carbocycles. The Hall–Kier alpha value is -3.25. The van der Waals surface area contributed by atoms with Crippen molar-refractivity contribution in [2.24, 2.45) is 0 Å². The number of aromatic nitrogens is 2. The van der Waals surface area contributed by atoms with E-state index < -0.39 is 0 Å². The van der Waals surface area contributed by atoms with Gasteiger partial charge in [0.1, 0.15) is 5.82 Å². The molecule has 2 amide bonds.